The van der Waals surface area contributed by atoms with Crippen molar-refractivity contribution in [2.75, 3.05) is 7.05 Å². The minimum Gasteiger partial charge on any atom is -0.394 e. The Morgan fingerprint density at radius 1 is 1.23 bits per heavy atom. The van der Waals surface area contributed by atoms with Crippen molar-refractivity contribution in [3.63, 3.8) is 0 Å². The molecule has 2 aromatic rings. The van der Waals surface area contributed by atoms with E-state index in [0.717, 1.165) is 35.1 Å². The van der Waals surface area contributed by atoms with Crippen molar-refractivity contribution in [1.82, 2.24) is 10.2 Å². The molecule has 1 heterocycles. The third kappa shape index (κ3) is 3.89. The minimum atomic E-state index is -0.325. The zero-order valence-electron chi connectivity index (χ0n) is 17.6. The first kappa shape index (κ1) is 20.3. The van der Waals surface area contributed by atoms with Gasteiger partial charge < -0.3 is 15.6 Å². The van der Waals surface area contributed by atoms with Crippen molar-refractivity contribution in [1.29, 1.82) is 5.41 Å². The molecule has 0 bridgehead atoms. The lowest BCUT2D eigenvalue weighted by atomic mass is 9.94. The smallest absolute Gasteiger partial charge is 0.254 e. The summed E-state index contributed by atoms with van der Waals surface area (Å²) in [7, 11) is 1.75. The first-order valence-corrected chi connectivity index (χ1v) is 10.6. The highest BCUT2D eigenvalue weighted by molar-refractivity contribution is 6.06. The van der Waals surface area contributed by atoms with Gasteiger partial charge in [0, 0.05) is 37.2 Å². The van der Waals surface area contributed by atoms with Gasteiger partial charge in [0.25, 0.3) is 5.91 Å². The number of benzene rings is 2. The third-order valence-corrected chi connectivity index (χ3v) is 6.32. The van der Waals surface area contributed by atoms with Crippen LogP contribution in [0.1, 0.15) is 63.9 Å². The molecule has 1 aliphatic carbocycles. The number of carbonyl (C=O) groups excluding carboxylic acids is 1. The highest BCUT2D eigenvalue weighted by Crippen LogP contribution is 2.33. The SMILES string of the molecule is CN/C=C\C(=N)c1ccc(Cc2cc3c(cc2C)CN(C2CCCC2)C3=O)c(F)c1. The maximum absolute atomic E-state index is 14.8. The van der Waals surface area contributed by atoms with E-state index >= 15 is 0 Å². The maximum Gasteiger partial charge on any atom is 0.254 e. The predicted octanol–water partition coefficient (Wildman–Crippen LogP) is 4.72. The summed E-state index contributed by atoms with van der Waals surface area (Å²) in [6, 6.07) is 9.36. The van der Waals surface area contributed by atoms with Crippen LogP contribution in [0.25, 0.3) is 0 Å². The summed E-state index contributed by atoms with van der Waals surface area (Å²) in [6.45, 7) is 2.73. The van der Waals surface area contributed by atoms with Gasteiger partial charge in [-0.3, -0.25) is 4.79 Å². The van der Waals surface area contributed by atoms with Crippen LogP contribution in [0.15, 0.2) is 42.6 Å². The van der Waals surface area contributed by atoms with Crippen LogP contribution in [0.2, 0.25) is 0 Å². The van der Waals surface area contributed by atoms with E-state index in [1.54, 1.807) is 31.5 Å². The molecule has 1 saturated carbocycles. The summed E-state index contributed by atoms with van der Waals surface area (Å²) < 4.78 is 14.8. The van der Waals surface area contributed by atoms with Gasteiger partial charge in [0.1, 0.15) is 5.82 Å². The van der Waals surface area contributed by atoms with E-state index in [9.17, 15) is 9.18 Å². The van der Waals surface area contributed by atoms with Crippen molar-refractivity contribution in [2.45, 2.75) is 51.6 Å². The van der Waals surface area contributed by atoms with Gasteiger partial charge >= 0.3 is 0 Å². The van der Waals surface area contributed by atoms with Crippen LogP contribution in [0, 0.1) is 18.2 Å². The van der Waals surface area contributed by atoms with Gasteiger partial charge in [-0.1, -0.05) is 31.0 Å². The predicted molar refractivity (Wildman–Crippen MR) is 118 cm³/mol. The standard InChI is InChI=1S/C25H28FN3O/c1-16-11-20-15-29(21-5-3-4-6-21)25(30)22(20)13-19(16)12-17-7-8-18(14-23(17)26)24(27)9-10-28-2/h7-11,13-14,21,27-28H,3-6,12,15H2,1-2H3/b10-9-,27-24?. The van der Waals surface area contributed by atoms with Crippen LogP contribution < -0.4 is 5.32 Å². The number of aryl methyl sites for hydroxylation is 1. The Balaban J connectivity index is 1.56. The van der Waals surface area contributed by atoms with E-state index in [0.29, 0.717) is 30.1 Å². The highest BCUT2D eigenvalue weighted by atomic mass is 19.1. The normalized spacial score (nSPS) is 16.5. The molecule has 1 amide bonds. The number of halogens is 1. The Labute approximate surface area is 177 Å². The molecule has 156 valence electrons. The van der Waals surface area contributed by atoms with Crippen molar-refractivity contribution in [2.24, 2.45) is 0 Å². The number of fused-ring (bicyclic) bond motifs is 1. The molecule has 0 saturated heterocycles. The monoisotopic (exact) mass is 405 g/mol. The van der Waals surface area contributed by atoms with E-state index < -0.39 is 0 Å². The van der Waals surface area contributed by atoms with E-state index in [1.807, 2.05) is 17.9 Å². The lowest BCUT2D eigenvalue weighted by molar-refractivity contribution is 0.0707. The van der Waals surface area contributed by atoms with E-state index in [1.165, 1.54) is 18.9 Å². The molecule has 0 radical (unpaired) electrons. The molecule has 2 N–H and O–H groups in total. The van der Waals surface area contributed by atoms with Crippen LogP contribution in [-0.2, 0) is 13.0 Å². The molecule has 0 spiro atoms. The zero-order valence-corrected chi connectivity index (χ0v) is 17.6. The molecule has 2 aliphatic rings. The highest BCUT2D eigenvalue weighted by Gasteiger charge is 2.34. The first-order valence-electron chi connectivity index (χ1n) is 10.6. The Hall–Kier alpha value is -2.95. The Bertz CT molecular complexity index is 1020. The van der Waals surface area contributed by atoms with Gasteiger partial charge in [0.2, 0.25) is 0 Å². The van der Waals surface area contributed by atoms with Crippen LogP contribution in [0.3, 0.4) is 0 Å². The third-order valence-electron chi connectivity index (χ3n) is 6.32. The summed E-state index contributed by atoms with van der Waals surface area (Å²) in [5, 5.41) is 10.8. The summed E-state index contributed by atoms with van der Waals surface area (Å²) in [5.74, 6) is -0.201. The van der Waals surface area contributed by atoms with Gasteiger partial charge in [0.05, 0.1) is 5.71 Å². The topological polar surface area (TPSA) is 56.2 Å². The lowest BCUT2D eigenvalue weighted by Crippen LogP contribution is -2.33. The van der Waals surface area contributed by atoms with Gasteiger partial charge in [0.15, 0.2) is 0 Å². The molecule has 1 fully saturated rings. The molecular formula is C25H28FN3O. The van der Waals surface area contributed by atoms with E-state index in [-0.39, 0.29) is 17.4 Å². The summed E-state index contributed by atoms with van der Waals surface area (Å²) in [6.07, 6.45) is 8.28. The van der Waals surface area contributed by atoms with Crippen LogP contribution in [0.4, 0.5) is 4.39 Å². The molecule has 4 nitrogen and oxygen atoms in total. The molecule has 4 rings (SSSR count). The molecule has 0 unspecified atom stereocenters. The second-order valence-electron chi connectivity index (χ2n) is 8.33. The molecule has 30 heavy (non-hydrogen) atoms. The molecule has 5 heteroatoms. The number of rotatable bonds is 6. The average Bonchev–Trinajstić information content (AvgIpc) is 3.36. The molecule has 0 aromatic heterocycles. The number of hydrogen-bond acceptors (Lipinski definition) is 3. The fraction of sp³-hybridized carbons (Fsp3) is 0.360. The van der Waals surface area contributed by atoms with E-state index in [2.05, 4.69) is 11.4 Å². The number of allylic oxidation sites excluding steroid dienone is 1. The minimum absolute atomic E-state index is 0.124. The number of amides is 1. The first-order chi connectivity index (χ1) is 14.5. The van der Waals surface area contributed by atoms with Gasteiger partial charge in [-0.25, -0.2) is 4.39 Å². The number of carbonyl (C=O) groups is 1. The zero-order chi connectivity index (χ0) is 21.3. The average molecular weight is 406 g/mol. The fourth-order valence-corrected chi connectivity index (χ4v) is 4.58. The van der Waals surface area contributed by atoms with Gasteiger partial charge in [-0.05, 0) is 66.4 Å². The molecular weight excluding hydrogens is 377 g/mol. The summed E-state index contributed by atoms with van der Waals surface area (Å²) >= 11 is 0. The second-order valence-corrected chi connectivity index (χ2v) is 8.33. The van der Waals surface area contributed by atoms with Gasteiger partial charge in [-0.15, -0.1) is 0 Å². The number of hydrogen-bond donors (Lipinski definition) is 2. The Morgan fingerprint density at radius 2 is 2.00 bits per heavy atom. The van der Waals surface area contributed by atoms with E-state index in [4.69, 9.17) is 5.41 Å². The van der Waals surface area contributed by atoms with Crippen molar-refractivity contribution in [3.05, 3.63) is 81.8 Å². The number of nitrogens with one attached hydrogen (secondary N) is 2. The quantitative estimate of drug-likeness (QED) is 0.683. The second kappa shape index (κ2) is 8.42. The molecule has 2 aromatic carbocycles. The molecule has 0 atom stereocenters. The maximum atomic E-state index is 14.8. The Kier molecular flexibility index (Phi) is 5.71. The van der Waals surface area contributed by atoms with Crippen LogP contribution in [-0.4, -0.2) is 29.6 Å². The summed E-state index contributed by atoms with van der Waals surface area (Å²) in [4.78, 5) is 15.0. The molecule has 1 aliphatic heterocycles. The van der Waals surface area contributed by atoms with Crippen molar-refractivity contribution < 1.29 is 9.18 Å². The fourth-order valence-electron chi connectivity index (χ4n) is 4.58. The number of nitrogens with zero attached hydrogens (tertiary/aromatic N) is 1. The van der Waals surface area contributed by atoms with Crippen LogP contribution in [0.5, 0.6) is 0 Å². The van der Waals surface area contributed by atoms with Gasteiger partial charge in [-0.2, -0.15) is 0 Å². The summed E-state index contributed by atoms with van der Waals surface area (Å²) in [5.41, 5.74) is 5.30. The van der Waals surface area contributed by atoms with Crippen LogP contribution >= 0.6 is 0 Å². The largest absolute Gasteiger partial charge is 0.394 e. The Morgan fingerprint density at radius 3 is 2.70 bits per heavy atom. The van der Waals surface area contributed by atoms with Crippen molar-refractivity contribution >= 4 is 11.6 Å². The van der Waals surface area contributed by atoms with Crippen molar-refractivity contribution in [3.8, 4) is 0 Å². The lowest BCUT2D eigenvalue weighted by Gasteiger charge is -2.23.